The fraction of sp³-hybridized carbons (Fsp3) is 0.500. The van der Waals surface area contributed by atoms with Crippen molar-refractivity contribution in [1.82, 2.24) is 9.80 Å². The number of ether oxygens (including phenoxy) is 3. The standard InChI is InChI=1S/C32H42N2O6/c1-5-6-7-18-39-25-10-8-24(9-11-25)29-28(30(35)27-13-12-26(21-23(27)4)40-22(2)3)31(36)32(37)34(29)15-14-33-16-19-38-20-17-33/h8-13,21-22,29,35H,5-7,14-20H2,1-4H3. The summed E-state index contributed by atoms with van der Waals surface area (Å²) in [7, 11) is 0. The van der Waals surface area contributed by atoms with Gasteiger partial charge in [0.25, 0.3) is 11.7 Å². The van der Waals surface area contributed by atoms with Crippen molar-refractivity contribution in [2.75, 3.05) is 46.0 Å². The Morgan fingerprint density at radius 1 is 1.02 bits per heavy atom. The van der Waals surface area contributed by atoms with Crippen LogP contribution in [0.2, 0.25) is 0 Å². The van der Waals surface area contributed by atoms with Crippen LogP contribution in [0.25, 0.3) is 5.76 Å². The molecule has 1 N–H and O–H groups in total. The fourth-order valence-electron chi connectivity index (χ4n) is 5.21. The molecule has 0 aliphatic carbocycles. The molecule has 0 aromatic heterocycles. The lowest BCUT2D eigenvalue weighted by Gasteiger charge is -2.31. The first kappa shape index (κ1) is 29.6. The molecular weight excluding hydrogens is 508 g/mol. The molecule has 2 aliphatic rings. The van der Waals surface area contributed by atoms with Gasteiger partial charge in [0.1, 0.15) is 17.3 Å². The van der Waals surface area contributed by atoms with Crippen molar-refractivity contribution in [3.63, 3.8) is 0 Å². The lowest BCUT2D eigenvalue weighted by Crippen LogP contribution is -2.42. The maximum atomic E-state index is 13.5. The van der Waals surface area contributed by atoms with E-state index in [0.29, 0.717) is 44.2 Å². The Labute approximate surface area is 237 Å². The second-order valence-corrected chi connectivity index (χ2v) is 10.7. The van der Waals surface area contributed by atoms with Gasteiger partial charge in [-0.05, 0) is 68.7 Å². The lowest BCUT2D eigenvalue weighted by molar-refractivity contribution is -0.140. The van der Waals surface area contributed by atoms with Gasteiger partial charge in [-0.2, -0.15) is 0 Å². The van der Waals surface area contributed by atoms with Gasteiger partial charge in [0.15, 0.2) is 0 Å². The lowest BCUT2D eigenvalue weighted by atomic mass is 9.94. The smallest absolute Gasteiger partial charge is 0.295 e. The number of rotatable bonds is 12. The first-order valence-corrected chi connectivity index (χ1v) is 14.4. The number of likely N-dealkylation sites (tertiary alicyclic amines) is 1. The largest absolute Gasteiger partial charge is 0.507 e. The number of benzene rings is 2. The summed E-state index contributed by atoms with van der Waals surface area (Å²) in [5, 5.41) is 11.5. The van der Waals surface area contributed by atoms with E-state index in [1.807, 2.05) is 51.1 Å². The number of aryl methyl sites for hydroxylation is 1. The SMILES string of the molecule is CCCCCOc1ccc(C2C(=C(O)c3ccc(OC(C)C)cc3C)C(=O)C(=O)N2CCN2CCOCC2)cc1. The third-order valence-corrected chi connectivity index (χ3v) is 7.34. The Bertz CT molecular complexity index is 1200. The molecule has 1 unspecified atom stereocenters. The molecule has 2 heterocycles. The van der Waals surface area contributed by atoms with Crippen LogP contribution in [0.1, 0.15) is 62.8 Å². The Morgan fingerprint density at radius 2 is 1.73 bits per heavy atom. The molecule has 0 bridgehead atoms. The van der Waals surface area contributed by atoms with Crippen LogP contribution < -0.4 is 9.47 Å². The maximum Gasteiger partial charge on any atom is 0.295 e. The van der Waals surface area contributed by atoms with Gasteiger partial charge in [-0.15, -0.1) is 0 Å². The van der Waals surface area contributed by atoms with E-state index < -0.39 is 17.7 Å². The van der Waals surface area contributed by atoms with Gasteiger partial charge < -0.3 is 24.2 Å². The monoisotopic (exact) mass is 550 g/mol. The first-order valence-electron chi connectivity index (χ1n) is 14.4. The maximum absolute atomic E-state index is 13.5. The summed E-state index contributed by atoms with van der Waals surface area (Å²) < 4.78 is 17.1. The number of Topliss-reactive ketones (excluding diaryl/α,β-unsaturated/α-hetero) is 1. The molecule has 1 amide bonds. The molecule has 0 spiro atoms. The summed E-state index contributed by atoms with van der Waals surface area (Å²) in [6.45, 7) is 12.4. The summed E-state index contributed by atoms with van der Waals surface area (Å²) in [6.07, 6.45) is 3.23. The number of ketones is 1. The molecule has 216 valence electrons. The Kier molecular flexibility index (Phi) is 10.2. The van der Waals surface area contributed by atoms with Crippen LogP contribution in [0, 0.1) is 6.92 Å². The molecule has 2 aromatic carbocycles. The molecule has 0 saturated carbocycles. The summed E-state index contributed by atoms with van der Waals surface area (Å²) in [4.78, 5) is 30.7. The molecule has 2 aliphatic heterocycles. The minimum Gasteiger partial charge on any atom is -0.507 e. The van der Waals surface area contributed by atoms with Crippen molar-refractivity contribution in [3.8, 4) is 11.5 Å². The molecule has 8 nitrogen and oxygen atoms in total. The molecule has 1 atom stereocenters. The van der Waals surface area contributed by atoms with Crippen LogP contribution >= 0.6 is 0 Å². The van der Waals surface area contributed by atoms with Gasteiger partial charge in [0.05, 0.1) is 37.5 Å². The third kappa shape index (κ3) is 7.04. The van der Waals surface area contributed by atoms with Crippen LogP contribution in [0.3, 0.4) is 0 Å². The van der Waals surface area contributed by atoms with Gasteiger partial charge in [0.2, 0.25) is 0 Å². The van der Waals surface area contributed by atoms with Crippen molar-refractivity contribution in [2.24, 2.45) is 0 Å². The van der Waals surface area contributed by atoms with E-state index in [1.165, 1.54) is 0 Å². The van der Waals surface area contributed by atoms with E-state index >= 15 is 0 Å². The minimum absolute atomic E-state index is 0.00855. The highest BCUT2D eigenvalue weighted by atomic mass is 16.5. The molecule has 2 fully saturated rings. The van der Waals surface area contributed by atoms with E-state index in [1.54, 1.807) is 17.0 Å². The fourth-order valence-corrected chi connectivity index (χ4v) is 5.21. The number of amides is 1. The van der Waals surface area contributed by atoms with Gasteiger partial charge >= 0.3 is 0 Å². The van der Waals surface area contributed by atoms with Crippen molar-refractivity contribution in [2.45, 2.75) is 59.1 Å². The van der Waals surface area contributed by atoms with Gasteiger partial charge in [-0.1, -0.05) is 31.9 Å². The predicted octanol–water partition coefficient (Wildman–Crippen LogP) is 5.11. The predicted molar refractivity (Wildman–Crippen MR) is 155 cm³/mol. The van der Waals surface area contributed by atoms with E-state index in [-0.39, 0.29) is 17.4 Å². The normalized spacial score (nSPS) is 19.4. The Hall–Kier alpha value is -3.36. The number of nitrogens with zero attached hydrogens (tertiary/aromatic N) is 2. The Morgan fingerprint density at radius 3 is 2.38 bits per heavy atom. The summed E-state index contributed by atoms with van der Waals surface area (Å²) in [6, 6.07) is 12.1. The molecule has 2 aromatic rings. The molecule has 8 heteroatoms. The number of carbonyl (C=O) groups excluding carboxylic acids is 2. The van der Waals surface area contributed by atoms with Gasteiger partial charge in [0, 0.05) is 31.7 Å². The average Bonchev–Trinajstić information content (AvgIpc) is 3.19. The second-order valence-electron chi connectivity index (χ2n) is 10.7. The van der Waals surface area contributed by atoms with Crippen LogP contribution in [-0.4, -0.2) is 78.7 Å². The molecule has 2 saturated heterocycles. The number of morpholine rings is 1. The third-order valence-electron chi connectivity index (χ3n) is 7.34. The molecule has 40 heavy (non-hydrogen) atoms. The minimum atomic E-state index is -0.707. The second kappa shape index (κ2) is 13.8. The topological polar surface area (TPSA) is 88.5 Å². The zero-order valence-corrected chi connectivity index (χ0v) is 24.2. The molecular formula is C32H42N2O6. The first-order chi connectivity index (χ1) is 19.3. The summed E-state index contributed by atoms with van der Waals surface area (Å²) in [5.74, 6) is -0.0306. The number of hydrogen-bond donors (Lipinski definition) is 1. The zero-order valence-electron chi connectivity index (χ0n) is 24.2. The number of unbranched alkanes of at least 4 members (excludes halogenated alkanes) is 2. The van der Waals surface area contributed by atoms with E-state index in [2.05, 4.69) is 11.8 Å². The number of aliphatic hydroxyl groups excluding tert-OH is 1. The van der Waals surface area contributed by atoms with Crippen LogP contribution in [-0.2, 0) is 14.3 Å². The highest BCUT2D eigenvalue weighted by Gasteiger charge is 2.46. The number of aliphatic hydroxyl groups is 1. The van der Waals surface area contributed by atoms with E-state index in [9.17, 15) is 14.7 Å². The quantitative estimate of drug-likeness (QED) is 0.170. The molecule has 0 radical (unpaired) electrons. The van der Waals surface area contributed by atoms with E-state index in [0.717, 1.165) is 49.2 Å². The highest BCUT2D eigenvalue weighted by molar-refractivity contribution is 6.46. The average molecular weight is 551 g/mol. The van der Waals surface area contributed by atoms with Crippen molar-refractivity contribution in [3.05, 3.63) is 64.7 Å². The van der Waals surface area contributed by atoms with Crippen molar-refractivity contribution >= 4 is 17.4 Å². The van der Waals surface area contributed by atoms with Crippen LogP contribution in [0.5, 0.6) is 11.5 Å². The highest BCUT2D eigenvalue weighted by Crippen LogP contribution is 2.40. The van der Waals surface area contributed by atoms with Crippen LogP contribution in [0.15, 0.2) is 48.0 Å². The molecule has 4 rings (SSSR count). The van der Waals surface area contributed by atoms with Crippen molar-refractivity contribution < 1.29 is 28.9 Å². The number of hydrogen-bond acceptors (Lipinski definition) is 7. The van der Waals surface area contributed by atoms with Crippen LogP contribution in [0.4, 0.5) is 0 Å². The van der Waals surface area contributed by atoms with Gasteiger partial charge in [-0.25, -0.2) is 0 Å². The van der Waals surface area contributed by atoms with Crippen molar-refractivity contribution in [1.29, 1.82) is 0 Å². The van der Waals surface area contributed by atoms with E-state index in [4.69, 9.17) is 14.2 Å². The number of carbonyl (C=O) groups is 2. The zero-order chi connectivity index (χ0) is 28.6. The van der Waals surface area contributed by atoms with Gasteiger partial charge in [-0.3, -0.25) is 14.5 Å². The Balaban J connectivity index is 1.67. The summed E-state index contributed by atoms with van der Waals surface area (Å²) in [5.41, 5.74) is 2.11. The summed E-state index contributed by atoms with van der Waals surface area (Å²) >= 11 is 0.